The summed E-state index contributed by atoms with van der Waals surface area (Å²) in [6.45, 7) is 2.58. The summed E-state index contributed by atoms with van der Waals surface area (Å²) in [5, 5.41) is 3.42. The van der Waals surface area contributed by atoms with Gasteiger partial charge in [0.1, 0.15) is 0 Å². The number of pyridine rings is 1. The largest absolute Gasteiger partial charge is 0.302 e. The van der Waals surface area contributed by atoms with Crippen molar-refractivity contribution in [3.8, 4) is 0 Å². The first-order valence-corrected chi connectivity index (χ1v) is 12.1. The zero-order chi connectivity index (χ0) is 20.4. The normalized spacial score (nSPS) is 16.2. The Morgan fingerprint density at radius 3 is 2.76 bits per heavy atom. The number of hydrogen-bond acceptors (Lipinski definition) is 7. The number of aromatic nitrogens is 2. The minimum atomic E-state index is -3.28. The summed E-state index contributed by atoms with van der Waals surface area (Å²) in [5.41, 5.74) is 1.76. The standard InChI is InChI=1S/C20H22N4O3S2/c1-29(26,27)16-4-5-18-17(11-16)22-20(28-18)23-19(25)15-6-9-24(10-7-15)13-14-3-2-8-21-12-14/h2-5,8,11-12,15H,6-7,9-10,13H2,1H3,(H,22,23,25). The van der Waals surface area contributed by atoms with E-state index in [0.29, 0.717) is 10.6 Å². The Morgan fingerprint density at radius 2 is 2.07 bits per heavy atom. The van der Waals surface area contributed by atoms with Gasteiger partial charge in [-0.1, -0.05) is 17.4 Å². The summed E-state index contributed by atoms with van der Waals surface area (Å²) in [7, 11) is -3.28. The molecule has 1 amide bonds. The number of likely N-dealkylation sites (tertiary alicyclic amines) is 1. The van der Waals surface area contributed by atoms with Crippen molar-refractivity contribution in [3.05, 3.63) is 48.3 Å². The first-order chi connectivity index (χ1) is 13.9. The number of anilines is 1. The predicted octanol–water partition coefficient (Wildman–Crippen LogP) is 2.95. The molecule has 1 aromatic carbocycles. The molecule has 0 spiro atoms. The molecule has 0 aliphatic carbocycles. The SMILES string of the molecule is CS(=O)(=O)c1ccc2sc(NC(=O)C3CCN(Cc4cccnc4)CC3)nc2c1. The Kier molecular flexibility index (Phi) is 5.62. The number of rotatable bonds is 5. The number of fused-ring (bicyclic) bond motifs is 1. The average Bonchev–Trinajstić information content (AvgIpc) is 3.10. The van der Waals surface area contributed by atoms with Crippen LogP contribution in [0.1, 0.15) is 18.4 Å². The van der Waals surface area contributed by atoms with Crippen LogP contribution in [0, 0.1) is 5.92 Å². The summed E-state index contributed by atoms with van der Waals surface area (Å²) in [4.78, 5) is 23.8. The molecule has 0 radical (unpaired) electrons. The number of carbonyl (C=O) groups is 1. The molecule has 1 N–H and O–H groups in total. The first kappa shape index (κ1) is 19.9. The fourth-order valence-electron chi connectivity index (χ4n) is 3.50. The number of benzene rings is 1. The smallest absolute Gasteiger partial charge is 0.229 e. The highest BCUT2D eigenvalue weighted by molar-refractivity contribution is 7.90. The number of piperidine rings is 1. The number of sulfone groups is 1. The number of carbonyl (C=O) groups excluding carboxylic acids is 1. The molecular formula is C20H22N4O3S2. The molecule has 4 rings (SSSR count). The Hall–Kier alpha value is -2.36. The second-order valence-corrected chi connectivity index (χ2v) is 10.4. The van der Waals surface area contributed by atoms with Crippen molar-refractivity contribution in [3.63, 3.8) is 0 Å². The monoisotopic (exact) mass is 430 g/mol. The molecule has 1 fully saturated rings. The summed E-state index contributed by atoms with van der Waals surface area (Å²) >= 11 is 1.36. The fraction of sp³-hybridized carbons (Fsp3) is 0.350. The minimum absolute atomic E-state index is 0.0200. The van der Waals surface area contributed by atoms with Crippen molar-refractivity contribution in [2.75, 3.05) is 24.7 Å². The van der Waals surface area contributed by atoms with Crippen LogP contribution in [0.4, 0.5) is 5.13 Å². The maximum Gasteiger partial charge on any atom is 0.229 e. The second kappa shape index (κ2) is 8.17. The lowest BCUT2D eigenvalue weighted by molar-refractivity contribution is -0.121. The Balaban J connectivity index is 1.36. The molecular weight excluding hydrogens is 408 g/mol. The number of hydrogen-bond donors (Lipinski definition) is 1. The van der Waals surface area contributed by atoms with Gasteiger partial charge < -0.3 is 5.32 Å². The van der Waals surface area contributed by atoms with E-state index in [1.807, 2.05) is 12.3 Å². The minimum Gasteiger partial charge on any atom is -0.302 e. The van der Waals surface area contributed by atoms with E-state index in [0.717, 1.165) is 37.2 Å². The zero-order valence-corrected chi connectivity index (χ0v) is 17.7. The highest BCUT2D eigenvalue weighted by Crippen LogP contribution is 2.29. The van der Waals surface area contributed by atoms with Crippen LogP contribution in [0.3, 0.4) is 0 Å². The third-order valence-corrected chi connectivity index (χ3v) is 7.17. The molecule has 152 valence electrons. The molecule has 1 aliphatic heterocycles. The van der Waals surface area contributed by atoms with Crippen molar-refractivity contribution >= 4 is 42.4 Å². The van der Waals surface area contributed by atoms with Crippen LogP contribution in [0.15, 0.2) is 47.6 Å². The van der Waals surface area contributed by atoms with Crippen molar-refractivity contribution in [1.29, 1.82) is 0 Å². The number of nitrogens with one attached hydrogen (secondary N) is 1. The van der Waals surface area contributed by atoms with Crippen molar-refractivity contribution < 1.29 is 13.2 Å². The topological polar surface area (TPSA) is 92.3 Å². The quantitative estimate of drug-likeness (QED) is 0.669. The third kappa shape index (κ3) is 4.80. The fourth-order valence-corrected chi connectivity index (χ4v) is 4.99. The molecule has 1 saturated heterocycles. The first-order valence-electron chi connectivity index (χ1n) is 9.41. The van der Waals surface area contributed by atoms with Crippen LogP contribution in [-0.4, -0.2) is 48.5 Å². The molecule has 9 heteroatoms. The summed E-state index contributed by atoms with van der Waals surface area (Å²) < 4.78 is 24.3. The molecule has 3 aromatic rings. The van der Waals surface area contributed by atoms with Gasteiger partial charge in [-0.2, -0.15) is 0 Å². The van der Waals surface area contributed by atoms with Gasteiger partial charge in [-0.05, 0) is 55.8 Å². The molecule has 0 bridgehead atoms. The van der Waals surface area contributed by atoms with Gasteiger partial charge in [0.25, 0.3) is 0 Å². The van der Waals surface area contributed by atoms with Crippen LogP contribution in [0.25, 0.3) is 10.2 Å². The van der Waals surface area contributed by atoms with Gasteiger partial charge in [0.2, 0.25) is 5.91 Å². The van der Waals surface area contributed by atoms with Crippen molar-refractivity contribution in [2.45, 2.75) is 24.3 Å². The van der Waals surface area contributed by atoms with Gasteiger partial charge in [-0.25, -0.2) is 13.4 Å². The molecule has 2 aromatic heterocycles. The summed E-state index contributed by atoms with van der Waals surface area (Å²) in [6, 6.07) is 8.85. The maximum absolute atomic E-state index is 12.7. The molecule has 29 heavy (non-hydrogen) atoms. The predicted molar refractivity (Wildman–Crippen MR) is 114 cm³/mol. The van der Waals surface area contributed by atoms with Gasteiger partial charge in [0.15, 0.2) is 15.0 Å². The van der Waals surface area contributed by atoms with E-state index in [4.69, 9.17) is 0 Å². The summed E-state index contributed by atoms with van der Waals surface area (Å²) in [6.07, 6.45) is 6.42. The van der Waals surface area contributed by atoms with Crippen molar-refractivity contribution in [2.24, 2.45) is 5.92 Å². The van der Waals surface area contributed by atoms with Crippen LogP contribution >= 0.6 is 11.3 Å². The Bertz CT molecular complexity index is 1120. The molecule has 0 atom stereocenters. The van der Waals surface area contributed by atoms with E-state index in [-0.39, 0.29) is 16.7 Å². The van der Waals surface area contributed by atoms with Gasteiger partial charge >= 0.3 is 0 Å². The molecule has 0 saturated carbocycles. The third-order valence-electron chi connectivity index (χ3n) is 5.10. The van der Waals surface area contributed by atoms with Gasteiger partial charge in [-0.3, -0.25) is 14.7 Å². The van der Waals surface area contributed by atoms with Gasteiger partial charge in [-0.15, -0.1) is 0 Å². The molecule has 1 aliphatic rings. The van der Waals surface area contributed by atoms with E-state index in [2.05, 4.69) is 26.3 Å². The van der Waals surface area contributed by atoms with Crippen LogP contribution in [0.2, 0.25) is 0 Å². The van der Waals surface area contributed by atoms with Crippen molar-refractivity contribution in [1.82, 2.24) is 14.9 Å². The molecule has 0 unspecified atom stereocenters. The van der Waals surface area contributed by atoms with Crippen LogP contribution < -0.4 is 5.32 Å². The van der Waals surface area contributed by atoms with E-state index >= 15 is 0 Å². The van der Waals surface area contributed by atoms with E-state index < -0.39 is 9.84 Å². The maximum atomic E-state index is 12.7. The Labute approximate surface area is 173 Å². The highest BCUT2D eigenvalue weighted by Gasteiger charge is 2.25. The Morgan fingerprint density at radius 1 is 1.28 bits per heavy atom. The lowest BCUT2D eigenvalue weighted by Crippen LogP contribution is -2.37. The highest BCUT2D eigenvalue weighted by atomic mass is 32.2. The lowest BCUT2D eigenvalue weighted by Gasteiger charge is -2.31. The molecule has 7 nitrogen and oxygen atoms in total. The van der Waals surface area contributed by atoms with Crippen LogP contribution in [0.5, 0.6) is 0 Å². The van der Waals surface area contributed by atoms with Gasteiger partial charge in [0, 0.05) is 31.1 Å². The van der Waals surface area contributed by atoms with E-state index in [9.17, 15) is 13.2 Å². The number of thiazole rings is 1. The number of amides is 1. The lowest BCUT2D eigenvalue weighted by atomic mass is 9.96. The van der Waals surface area contributed by atoms with Gasteiger partial charge in [0.05, 0.1) is 15.1 Å². The summed E-state index contributed by atoms with van der Waals surface area (Å²) in [5.74, 6) is -0.0628. The van der Waals surface area contributed by atoms with E-state index in [1.54, 1.807) is 24.4 Å². The zero-order valence-electron chi connectivity index (χ0n) is 16.0. The van der Waals surface area contributed by atoms with E-state index in [1.165, 1.54) is 23.2 Å². The average molecular weight is 431 g/mol. The van der Waals surface area contributed by atoms with Crippen LogP contribution in [-0.2, 0) is 21.2 Å². The second-order valence-electron chi connectivity index (χ2n) is 7.32. The molecule has 3 heterocycles. The number of nitrogens with zero attached hydrogens (tertiary/aromatic N) is 3.